The average molecular weight is 384 g/mol. The number of unbranched alkanes of at least 4 members (excludes halogenated alkanes) is 3. The van der Waals surface area contributed by atoms with Crippen molar-refractivity contribution in [2.75, 3.05) is 6.61 Å². The van der Waals surface area contributed by atoms with Gasteiger partial charge in [0.25, 0.3) is 11.8 Å². The molecule has 0 atom stereocenters. The fourth-order valence-electron chi connectivity index (χ4n) is 2.54. The van der Waals surface area contributed by atoms with E-state index in [2.05, 4.69) is 17.8 Å². The molecule has 0 unspecified atom stereocenters. The van der Waals surface area contributed by atoms with Crippen LogP contribution in [-0.2, 0) is 0 Å². The van der Waals surface area contributed by atoms with E-state index in [1.165, 1.54) is 31.0 Å². The Morgan fingerprint density at radius 3 is 2.14 bits per heavy atom. The standard InChI is InChI=1S/C21H24N2O5/c1-2-3-4-7-14-28-16-12-10-15(11-13-16)19(24)22-23-20(25)17-8-5-6-9-18(17)21(26)27/h5-6,8-13H,2-4,7,14H2,1H3,(H,22,24)(H,23,25)(H,26,27). The van der Waals surface area contributed by atoms with Gasteiger partial charge in [-0.1, -0.05) is 38.3 Å². The molecule has 0 heterocycles. The number of aromatic carboxylic acids is 1. The monoisotopic (exact) mass is 384 g/mol. The van der Waals surface area contributed by atoms with Crippen LogP contribution in [0.25, 0.3) is 0 Å². The van der Waals surface area contributed by atoms with Gasteiger partial charge in [-0.15, -0.1) is 0 Å². The van der Waals surface area contributed by atoms with E-state index in [9.17, 15) is 14.4 Å². The maximum atomic E-state index is 12.2. The van der Waals surface area contributed by atoms with Crippen molar-refractivity contribution in [3.63, 3.8) is 0 Å². The Kier molecular flexibility index (Phi) is 8.02. The molecule has 0 aromatic heterocycles. The summed E-state index contributed by atoms with van der Waals surface area (Å²) in [7, 11) is 0. The highest BCUT2D eigenvalue weighted by Crippen LogP contribution is 2.13. The Balaban J connectivity index is 1.86. The summed E-state index contributed by atoms with van der Waals surface area (Å²) < 4.78 is 5.62. The summed E-state index contributed by atoms with van der Waals surface area (Å²) in [5, 5.41) is 9.12. The minimum absolute atomic E-state index is 0.0397. The average Bonchev–Trinajstić information content (AvgIpc) is 2.72. The van der Waals surface area contributed by atoms with Gasteiger partial charge in [0.1, 0.15) is 5.75 Å². The molecule has 0 saturated carbocycles. The molecule has 0 aliphatic carbocycles. The number of amides is 2. The van der Waals surface area contributed by atoms with Crippen LogP contribution in [-0.4, -0.2) is 29.5 Å². The molecule has 0 radical (unpaired) electrons. The first-order chi connectivity index (χ1) is 13.5. The fourth-order valence-corrected chi connectivity index (χ4v) is 2.54. The molecular weight excluding hydrogens is 360 g/mol. The maximum Gasteiger partial charge on any atom is 0.336 e. The van der Waals surface area contributed by atoms with Crippen molar-refractivity contribution in [2.24, 2.45) is 0 Å². The summed E-state index contributed by atoms with van der Waals surface area (Å²) in [6.45, 7) is 2.78. The third-order valence-corrected chi connectivity index (χ3v) is 4.07. The van der Waals surface area contributed by atoms with E-state index in [4.69, 9.17) is 9.84 Å². The molecule has 0 spiro atoms. The summed E-state index contributed by atoms with van der Waals surface area (Å²) in [6, 6.07) is 12.3. The number of carboxylic acid groups (broad SMARTS) is 1. The van der Waals surface area contributed by atoms with E-state index in [1.807, 2.05) is 0 Å². The minimum Gasteiger partial charge on any atom is -0.494 e. The second kappa shape index (κ2) is 10.7. The van der Waals surface area contributed by atoms with Crippen LogP contribution >= 0.6 is 0 Å². The van der Waals surface area contributed by atoms with Crippen LogP contribution in [0.15, 0.2) is 48.5 Å². The Hall–Kier alpha value is -3.35. The van der Waals surface area contributed by atoms with Crippen LogP contribution in [0.1, 0.15) is 63.7 Å². The number of nitrogens with one attached hydrogen (secondary N) is 2. The van der Waals surface area contributed by atoms with Gasteiger partial charge in [-0.05, 0) is 42.8 Å². The number of hydrogen-bond acceptors (Lipinski definition) is 4. The number of hydrazine groups is 1. The van der Waals surface area contributed by atoms with Gasteiger partial charge in [0.15, 0.2) is 0 Å². The van der Waals surface area contributed by atoms with E-state index >= 15 is 0 Å². The molecule has 0 fully saturated rings. The van der Waals surface area contributed by atoms with Crippen molar-refractivity contribution in [1.29, 1.82) is 0 Å². The third-order valence-electron chi connectivity index (χ3n) is 4.07. The largest absolute Gasteiger partial charge is 0.494 e. The topological polar surface area (TPSA) is 105 Å². The van der Waals surface area contributed by atoms with Crippen molar-refractivity contribution in [2.45, 2.75) is 32.6 Å². The van der Waals surface area contributed by atoms with E-state index < -0.39 is 17.8 Å². The molecule has 0 bridgehead atoms. The van der Waals surface area contributed by atoms with Crippen LogP contribution in [0.5, 0.6) is 5.75 Å². The number of ether oxygens (including phenoxy) is 1. The molecular formula is C21H24N2O5. The van der Waals surface area contributed by atoms with Crippen molar-refractivity contribution < 1.29 is 24.2 Å². The van der Waals surface area contributed by atoms with Gasteiger partial charge < -0.3 is 9.84 Å². The second-order valence-corrected chi connectivity index (χ2v) is 6.19. The van der Waals surface area contributed by atoms with Crippen LogP contribution < -0.4 is 15.6 Å². The zero-order chi connectivity index (χ0) is 20.4. The maximum absolute atomic E-state index is 12.2. The first-order valence-electron chi connectivity index (χ1n) is 9.18. The summed E-state index contributed by atoms with van der Waals surface area (Å²) in [5.41, 5.74) is 4.66. The number of rotatable bonds is 9. The first kappa shape index (κ1) is 21.0. The molecule has 7 nitrogen and oxygen atoms in total. The highest BCUT2D eigenvalue weighted by molar-refractivity contribution is 6.05. The zero-order valence-electron chi connectivity index (χ0n) is 15.7. The first-order valence-corrected chi connectivity index (χ1v) is 9.18. The highest BCUT2D eigenvalue weighted by Gasteiger charge is 2.16. The Labute approximate surface area is 163 Å². The lowest BCUT2D eigenvalue weighted by atomic mass is 10.1. The summed E-state index contributed by atoms with van der Waals surface area (Å²) in [5.74, 6) is -1.77. The lowest BCUT2D eigenvalue weighted by molar-refractivity contribution is 0.0690. The number of benzene rings is 2. The fraction of sp³-hybridized carbons (Fsp3) is 0.286. The molecule has 2 amide bonds. The van der Waals surface area contributed by atoms with E-state index in [0.29, 0.717) is 17.9 Å². The van der Waals surface area contributed by atoms with E-state index in [0.717, 1.165) is 12.8 Å². The molecule has 148 valence electrons. The number of carbonyl (C=O) groups excluding carboxylic acids is 2. The number of carboxylic acids is 1. The zero-order valence-corrected chi connectivity index (χ0v) is 15.7. The van der Waals surface area contributed by atoms with Crippen molar-refractivity contribution in [3.8, 4) is 5.75 Å². The van der Waals surface area contributed by atoms with Crippen LogP contribution in [0.3, 0.4) is 0 Å². The third kappa shape index (κ3) is 6.12. The Morgan fingerprint density at radius 2 is 1.50 bits per heavy atom. The van der Waals surface area contributed by atoms with Crippen LogP contribution in [0.4, 0.5) is 0 Å². The summed E-state index contributed by atoms with van der Waals surface area (Å²) in [4.78, 5) is 35.5. The van der Waals surface area contributed by atoms with Gasteiger partial charge in [0, 0.05) is 5.56 Å². The number of carbonyl (C=O) groups is 3. The van der Waals surface area contributed by atoms with Crippen molar-refractivity contribution in [1.82, 2.24) is 10.9 Å². The molecule has 3 N–H and O–H groups in total. The van der Waals surface area contributed by atoms with Gasteiger partial charge in [-0.3, -0.25) is 20.4 Å². The minimum atomic E-state index is -1.22. The molecule has 0 aliphatic rings. The predicted molar refractivity (Wildman–Crippen MR) is 104 cm³/mol. The Morgan fingerprint density at radius 1 is 0.857 bits per heavy atom. The SMILES string of the molecule is CCCCCCOc1ccc(C(=O)NNC(=O)c2ccccc2C(=O)O)cc1. The molecule has 0 aliphatic heterocycles. The van der Waals surface area contributed by atoms with E-state index in [1.54, 1.807) is 30.3 Å². The second-order valence-electron chi connectivity index (χ2n) is 6.19. The lowest BCUT2D eigenvalue weighted by Crippen LogP contribution is -2.42. The molecule has 2 rings (SSSR count). The quantitative estimate of drug-likeness (QED) is 0.454. The van der Waals surface area contributed by atoms with Crippen molar-refractivity contribution in [3.05, 3.63) is 65.2 Å². The van der Waals surface area contributed by atoms with Gasteiger partial charge in [0.05, 0.1) is 17.7 Å². The van der Waals surface area contributed by atoms with Crippen molar-refractivity contribution >= 4 is 17.8 Å². The van der Waals surface area contributed by atoms with Crippen LogP contribution in [0, 0.1) is 0 Å². The summed E-state index contributed by atoms with van der Waals surface area (Å²) >= 11 is 0. The van der Waals surface area contributed by atoms with Gasteiger partial charge >= 0.3 is 5.97 Å². The Bertz CT molecular complexity index is 818. The molecule has 0 saturated heterocycles. The number of hydrogen-bond donors (Lipinski definition) is 3. The highest BCUT2D eigenvalue weighted by atomic mass is 16.5. The van der Waals surface area contributed by atoms with Crippen LogP contribution in [0.2, 0.25) is 0 Å². The van der Waals surface area contributed by atoms with Gasteiger partial charge in [-0.25, -0.2) is 4.79 Å². The molecule has 7 heteroatoms. The predicted octanol–water partition coefficient (Wildman–Crippen LogP) is 3.42. The molecule has 28 heavy (non-hydrogen) atoms. The smallest absolute Gasteiger partial charge is 0.336 e. The van der Waals surface area contributed by atoms with E-state index in [-0.39, 0.29) is 11.1 Å². The lowest BCUT2D eigenvalue weighted by Gasteiger charge is -2.10. The molecule has 2 aromatic rings. The van der Waals surface area contributed by atoms with Gasteiger partial charge in [-0.2, -0.15) is 0 Å². The normalized spacial score (nSPS) is 10.2. The van der Waals surface area contributed by atoms with Gasteiger partial charge in [0.2, 0.25) is 0 Å². The summed E-state index contributed by atoms with van der Waals surface area (Å²) in [6.07, 6.45) is 4.47. The molecule has 2 aromatic carbocycles.